The molecular weight excluding hydrogens is 443 g/mol. The molecule has 0 saturated heterocycles. The van der Waals surface area contributed by atoms with Crippen molar-refractivity contribution in [3.8, 4) is 0 Å². The third-order valence-electron chi connectivity index (χ3n) is 5.75. The second-order valence-corrected chi connectivity index (χ2v) is 11.4. The Morgan fingerprint density at radius 3 is 1.85 bits per heavy atom. The Balaban J connectivity index is 0.00000281. The van der Waals surface area contributed by atoms with Gasteiger partial charge in [-0.3, -0.25) is 9.59 Å². The predicted molar refractivity (Wildman–Crippen MR) is 143 cm³/mol. The fourth-order valence-electron chi connectivity index (χ4n) is 4.38. The van der Waals surface area contributed by atoms with Gasteiger partial charge >= 0.3 is 15.1 Å². The molecule has 0 fully saturated rings. The number of carbonyl (C=O) groups excluding carboxylic acids is 2. The molecule has 2 aromatic carbocycles. The van der Waals surface area contributed by atoms with Crippen LogP contribution in [0.1, 0.15) is 93.4 Å². The van der Waals surface area contributed by atoms with Crippen molar-refractivity contribution in [1.29, 1.82) is 0 Å². The van der Waals surface area contributed by atoms with E-state index >= 15 is 0 Å². The molecule has 0 aliphatic carbocycles. The Hall–Kier alpha value is -2.32. The van der Waals surface area contributed by atoms with Crippen molar-refractivity contribution in [3.05, 3.63) is 70.3 Å². The van der Waals surface area contributed by atoms with Gasteiger partial charge in [-0.15, -0.1) is 0 Å². The molecule has 0 N–H and O–H groups in total. The number of aryl methyl sites for hydroxylation is 2. The van der Waals surface area contributed by atoms with Gasteiger partial charge < -0.3 is 4.74 Å². The van der Waals surface area contributed by atoms with E-state index in [9.17, 15) is 9.59 Å². The van der Waals surface area contributed by atoms with Gasteiger partial charge in [0.05, 0.1) is 6.61 Å². The van der Waals surface area contributed by atoms with Crippen LogP contribution in [0.25, 0.3) is 0 Å². The highest BCUT2D eigenvalue weighted by Crippen LogP contribution is 2.31. The second kappa shape index (κ2) is 12.4. The Kier molecular flexibility index (Phi) is 10.8. The zero-order chi connectivity index (χ0) is 26.3. The Morgan fingerprint density at radius 2 is 1.41 bits per heavy atom. The Bertz CT molecular complexity index is 945. The molecule has 5 heteroatoms. The predicted octanol–water partition coefficient (Wildman–Crippen LogP) is 7.39. The van der Waals surface area contributed by atoms with Crippen molar-refractivity contribution in [3.63, 3.8) is 0 Å². The molecule has 3 unspecified atom stereocenters. The van der Waals surface area contributed by atoms with Crippen LogP contribution in [0.2, 0.25) is 0 Å². The zero-order valence-corrected chi connectivity index (χ0v) is 23.5. The van der Waals surface area contributed by atoms with Crippen LogP contribution in [-0.2, 0) is 19.5 Å². The van der Waals surface area contributed by atoms with Crippen LogP contribution in [0, 0.1) is 25.2 Å². The molecule has 0 spiro atoms. The molecule has 4 nitrogen and oxygen atoms in total. The first-order valence-corrected chi connectivity index (χ1v) is 12.3. The van der Waals surface area contributed by atoms with E-state index in [1.165, 1.54) is 14.7 Å². The van der Waals surface area contributed by atoms with Gasteiger partial charge in [-0.1, -0.05) is 95.5 Å². The largest absolute Gasteiger partial charge is 0.465 e. The molecule has 0 radical (unpaired) electrons. The van der Waals surface area contributed by atoms with E-state index in [0.29, 0.717) is 17.7 Å². The molecule has 3 atom stereocenters. The minimum atomic E-state index is -0.962. The van der Waals surface area contributed by atoms with Crippen molar-refractivity contribution in [2.24, 2.45) is 11.3 Å². The van der Waals surface area contributed by atoms with Gasteiger partial charge in [0, 0.05) is 5.56 Å². The molecule has 0 aliphatic rings. The highest BCUT2D eigenvalue weighted by atomic mass is 31.0. The van der Waals surface area contributed by atoms with Crippen LogP contribution < -0.4 is 0 Å². The highest BCUT2D eigenvalue weighted by molar-refractivity contribution is 7.00. The quantitative estimate of drug-likeness (QED) is 0.178. The Labute approximate surface area is 208 Å². The van der Waals surface area contributed by atoms with E-state index in [0.717, 1.165) is 17.5 Å². The summed E-state index contributed by atoms with van der Waals surface area (Å²) in [7, 11) is 1.17. The van der Waals surface area contributed by atoms with E-state index in [2.05, 4.69) is 60.6 Å². The summed E-state index contributed by atoms with van der Waals surface area (Å²) < 4.78 is 13.9. The van der Waals surface area contributed by atoms with Crippen LogP contribution in [0.4, 0.5) is 0 Å². The molecular formula is C29H42O4P+. The van der Waals surface area contributed by atoms with Crippen LogP contribution in [-0.4, -0.2) is 18.4 Å². The van der Waals surface area contributed by atoms with Crippen molar-refractivity contribution in [1.82, 2.24) is 0 Å². The average Bonchev–Trinajstić information content (AvgIpc) is 2.72. The fourth-order valence-corrected chi connectivity index (χ4v) is 4.38. The number of carbonyl (C=O) groups is 2. The van der Waals surface area contributed by atoms with Crippen molar-refractivity contribution in [2.45, 2.75) is 80.1 Å². The number of hydrogen-bond acceptors (Lipinski definition) is 4. The maximum atomic E-state index is 13.8. The molecule has 0 saturated carbocycles. The average molecular weight is 486 g/mol. The van der Waals surface area contributed by atoms with Gasteiger partial charge in [-0.25, -0.2) is 0 Å². The monoisotopic (exact) mass is 485 g/mol. The van der Waals surface area contributed by atoms with Gasteiger partial charge in [0.25, 0.3) is 0 Å². The molecule has 0 amide bonds. The van der Waals surface area contributed by atoms with Crippen LogP contribution >= 0.6 is 9.12 Å². The van der Waals surface area contributed by atoms with Crippen molar-refractivity contribution >= 4 is 20.9 Å². The molecule has 186 valence electrons. The summed E-state index contributed by atoms with van der Waals surface area (Å²) in [6, 6.07) is 13.4. The van der Waals surface area contributed by atoms with Gasteiger partial charge in [0.2, 0.25) is 0 Å². The summed E-state index contributed by atoms with van der Waals surface area (Å²) in [5, 5.41) is 0. The minimum absolute atomic E-state index is 0.0158. The van der Waals surface area contributed by atoms with Crippen molar-refractivity contribution < 1.29 is 18.9 Å². The minimum Gasteiger partial charge on any atom is -0.465 e. The number of ether oxygens (including phenoxy) is 1. The number of benzene rings is 2. The summed E-state index contributed by atoms with van der Waals surface area (Å²) in [5.74, 6) is -1.41. The second-order valence-electron chi connectivity index (χ2n) is 11.4. The van der Waals surface area contributed by atoms with Gasteiger partial charge in [0.1, 0.15) is 5.92 Å². The molecule has 34 heavy (non-hydrogen) atoms. The summed E-state index contributed by atoms with van der Waals surface area (Å²) in [6.45, 7) is 19.3. The molecule has 0 aliphatic heterocycles. The zero-order valence-electron chi connectivity index (χ0n) is 22.3. The first kappa shape index (κ1) is 29.7. The van der Waals surface area contributed by atoms with Gasteiger partial charge in [-0.05, 0) is 59.3 Å². The Morgan fingerprint density at radius 1 is 0.912 bits per heavy atom. The van der Waals surface area contributed by atoms with Crippen LogP contribution in [0.15, 0.2) is 42.5 Å². The number of ketones is 1. The van der Waals surface area contributed by atoms with E-state index in [1.54, 1.807) is 0 Å². The van der Waals surface area contributed by atoms with E-state index in [4.69, 9.17) is 9.30 Å². The molecule has 0 aromatic heterocycles. The topological polar surface area (TPSA) is 60.4 Å². The smallest absolute Gasteiger partial charge is 0.321 e. The first-order valence-electron chi connectivity index (χ1n) is 11.8. The highest BCUT2D eigenvalue weighted by Gasteiger charge is 2.33. The lowest BCUT2D eigenvalue weighted by Gasteiger charge is -2.25. The number of esters is 1. The van der Waals surface area contributed by atoms with Gasteiger partial charge in [0.15, 0.2) is 5.78 Å². The SMILES string of the molecule is Cc1cc(C(C)(C)C)cc(C)c1C(=O)C(C(=O)OCC(C)CC(C)(C)C)c1ccccc1.O=[PH2+]. The maximum absolute atomic E-state index is 13.8. The molecule has 2 rings (SSSR count). The standard InChI is InChI=1S/C29H40O3.H2OP/c1-19(17-28(4,5)6)18-32-27(31)25(22-13-11-10-12-14-22)26(30)24-20(2)15-23(16-21(24)3)29(7,8)9;1-2/h10-16,19,25H,17-18H2,1-9H3;2H2/q;+1. The van der Waals surface area contributed by atoms with Crippen molar-refractivity contribution in [2.75, 3.05) is 6.61 Å². The lowest BCUT2D eigenvalue weighted by Crippen LogP contribution is -2.28. The lowest BCUT2D eigenvalue weighted by atomic mass is 9.81. The van der Waals surface area contributed by atoms with E-state index in [-0.39, 0.29) is 22.5 Å². The lowest BCUT2D eigenvalue weighted by molar-refractivity contribution is -0.145. The first-order chi connectivity index (χ1) is 15.7. The molecule has 2 aromatic rings. The van der Waals surface area contributed by atoms with Crippen LogP contribution in [0.3, 0.4) is 0 Å². The summed E-state index contributed by atoms with van der Waals surface area (Å²) in [6.07, 6.45) is 0.941. The molecule has 0 heterocycles. The van der Waals surface area contributed by atoms with Crippen LogP contribution in [0.5, 0.6) is 0 Å². The number of hydrogen-bond donors (Lipinski definition) is 0. The summed E-state index contributed by atoms with van der Waals surface area (Å²) >= 11 is 0. The third kappa shape index (κ3) is 8.47. The fraction of sp³-hybridized carbons (Fsp3) is 0.517. The van der Waals surface area contributed by atoms with Gasteiger partial charge in [-0.2, -0.15) is 0 Å². The summed E-state index contributed by atoms with van der Waals surface area (Å²) in [5.41, 5.74) is 4.40. The molecule has 0 bridgehead atoms. The number of Topliss-reactive ketones (excluding diaryl/α,β-unsaturated/α-hetero) is 1. The van der Waals surface area contributed by atoms with E-state index < -0.39 is 11.9 Å². The normalized spacial score (nSPS) is 13.3. The maximum Gasteiger partial charge on any atom is 0.321 e. The van der Waals surface area contributed by atoms with E-state index in [1.807, 2.05) is 44.2 Å². The summed E-state index contributed by atoms with van der Waals surface area (Å²) in [4.78, 5) is 27.0. The number of rotatable bonds is 7. The third-order valence-corrected chi connectivity index (χ3v) is 5.75.